The molecule has 1 N–H and O–H groups in total. The fourth-order valence-electron chi connectivity index (χ4n) is 9.60. The third-order valence-electron chi connectivity index (χ3n) is 11.7. The molecule has 0 spiro atoms. The molecule has 4 rings (SSSR count). The zero-order valence-electron chi connectivity index (χ0n) is 22.8. The van der Waals surface area contributed by atoms with Crippen molar-refractivity contribution in [2.24, 2.45) is 45.3 Å². The molecule has 4 aliphatic rings. The van der Waals surface area contributed by atoms with E-state index in [4.69, 9.17) is 0 Å². The molecule has 0 saturated heterocycles. The van der Waals surface area contributed by atoms with Gasteiger partial charge < -0.3 is 5.11 Å². The zero-order valence-corrected chi connectivity index (χ0v) is 22.8. The highest BCUT2D eigenvalue weighted by Gasteiger charge is 2.63. The summed E-state index contributed by atoms with van der Waals surface area (Å²) in [5.41, 5.74) is 4.47. The van der Waals surface area contributed by atoms with Crippen molar-refractivity contribution < 1.29 is 5.11 Å². The highest BCUT2D eigenvalue weighted by molar-refractivity contribution is 5.44. The van der Waals surface area contributed by atoms with Crippen LogP contribution in [0.15, 0.2) is 22.5 Å². The summed E-state index contributed by atoms with van der Waals surface area (Å²) < 4.78 is 0. The molecule has 0 unspecified atom stereocenters. The molecule has 1 fully saturated rings. The molecule has 1 saturated carbocycles. The largest absolute Gasteiger partial charge is 0.511 e. The number of hydrogen-bond acceptors (Lipinski definition) is 2. The Balaban J connectivity index is 1.68. The Kier molecular flexibility index (Phi) is 6.16. The lowest BCUT2D eigenvalue weighted by atomic mass is 9.44. The third kappa shape index (κ3) is 3.46. The minimum Gasteiger partial charge on any atom is -0.511 e. The Bertz CT molecular complexity index is 900. The highest BCUT2D eigenvalue weighted by atomic mass is 16.3. The fourth-order valence-corrected chi connectivity index (χ4v) is 9.60. The predicted octanol–water partition coefficient (Wildman–Crippen LogP) is 9.14. The summed E-state index contributed by atoms with van der Waals surface area (Å²) >= 11 is 0. The lowest BCUT2D eigenvalue weighted by Gasteiger charge is -2.60. The minimum atomic E-state index is -0.318. The van der Waals surface area contributed by atoms with Crippen molar-refractivity contribution in [1.29, 1.82) is 5.26 Å². The summed E-state index contributed by atoms with van der Waals surface area (Å²) in [7, 11) is 0. The van der Waals surface area contributed by atoms with Crippen LogP contribution in [-0.4, -0.2) is 5.11 Å². The van der Waals surface area contributed by atoms with Crippen molar-refractivity contribution >= 4 is 0 Å². The maximum absolute atomic E-state index is 10.9. The second kappa shape index (κ2) is 8.17. The molecule has 0 amide bonds. The highest BCUT2D eigenvalue weighted by Crippen LogP contribution is 2.72. The van der Waals surface area contributed by atoms with E-state index in [9.17, 15) is 10.4 Å². The molecule has 0 aromatic heterocycles. The van der Waals surface area contributed by atoms with Gasteiger partial charge >= 0.3 is 0 Å². The van der Waals surface area contributed by atoms with Gasteiger partial charge in [0, 0.05) is 5.41 Å². The Morgan fingerprint density at radius 2 is 1.67 bits per heavy atom. The molecule has 33 heavy (non-hydrogen) atoms. The van der Waals surface area contributed by atoms with Gasteiger partial charge in [-0.25, -0.2) is 0 Å². The number of aliphatic hydroxyl groups is 1. The molecule has 0 aromatic carbocycles. The van der Waals surface area contributed by atoms with Crippen LogP contribution < -0.4 is 0 Å². The quantitative estimate of drug-likeness (QED) is 0.423. The van der Waals surface area contributed by atoms with Crippen LogP contribution in [0.2, 0.25) is 0 Å². The smallest absolute Gasteiger partial charge is 0.112 e. The van der Waals surface area contributed by atoms with E-state index in [0.717, 1.165) is 30.6 Å². The summed E-state index contributed by atoms with van der Waals surface area (Å²) in [6, 6.07) is 2.38. The standard InChI is InChI=1S/C31H49NO/c1-20(2)10-9-11-21(3)23-14-16-31(8)25-12-13-26-28(4,5)27(33)22(19-32)18-29(26,6)24(25)15-17-30(23,31)7/h20-21,23,26,33H,9-18H2,1-8H3/t21-,23-,26+,29-,30-,31+/m1/s1. The van der Waals surface area contributed by atoms with Crippen molar-refractivity contribution in [3.63, 3.8) is 0 Å². The monoisotopic (exact) mass is 451 g/mol. The van der Waals surface area contributed by atoms with E-state index < -0.39 is 0 Å². The van der Waals surface area contributed by atoms with Crippen LogP contribution in [0.5, 0.6) is 0 Å². The molecule has 0 heterocycles. The van der Waals surface area contributed by atoms with Gasteiger partial charge in [0.25, 0.3) is 0 Å². The normalized spacial score (nSPS) is 40.8. The van der Waals surface area contributed by atoms with Crippen molar-refractivity contribution in [2.75, 3.05) is 0 Å². The second-order valence-electron chi connectivity index (χ2n) is 14.0. The number of rotatable bonds is 5. The molecule has 2 nitrogen and oxygen atoms in total. The number of nitriles is 1. The van der Waals surface area contributed by atoms with Crippen LogP contribution in [0.3, 0.4) is 0 Å². The van der Waals surface area contributed by atoms with Gasteiger partial charge in [0.2, 0.25) is 0 Å². The molecule has 4 aliphatic carbocycles. The minimum absolute atomic E-state index is 0.0136. The average Bonchev–Trinajstić information content (AvgIpc) is 3.02. The van der Waals surface area contributed by atoms with E-state index in [1.807, 2.05) is 0 Å². The summed E-state index contributed by atoms with van der Waals surface area (Å²) in [6.07, 6.45) is 12.4. The Labute approximate surface area is 203 Å². The Hall–Kier alpha value is -1.23. The first-order chi connectivity index (χ1) is 15.3. The molecule has 0 bridgehead atoms. The van der Waals surface area contributed by atoms with Gasteiger partial charge in [0.1, 0.15) is 5.76 Å². The maximum atomic E-state index is 10.9. The average molecular weight is 452 g/mol. The Morgan fingerprint density at radius 3 is 2.30 bits per heavy atom. The summed E-state index contributed by atoms with van der Waals surface area (Å²) in [5, 5.41) is 20.8. The first kappa shape index (κ1) is 24.9. The van der Waals surface area contributed by atoms with Crippen molar-refractivity contribution in [2.45, 2.75) is 120 Å². The number of aliphatic hydroxyl groups excluding tert-OH is 1. The second-order valence-corrected chi connectivity index (χ2v) is 14.0. The van der Waals surface area contributed by atoms with E-state index in [2.05, 4.69) is 61.5 Å². The molecule has 184 valence electrons. The van der Waals surface area contributed by atoms with Crippen molar-refractivity contribution in [3.05, 3.63) is 22.5 Å². The van der Waals surface area contributed by atoms with Crippen LogP contribution in [0.1, 0.15) is 120 Å². The number of fused-ring (bicyclic) bond motifs is 4. The van der Waals surface area contributed by atoms with Crippen molar-refractivity contribution in [1.82, 2.24) is 0 Å². The summed E-state index contributed by atoms with van der Waals surface area (Å²) in [6.45, 7) is 19.3. The van der Waals surface area contributed by atoms with Crippen LogP contribution >= 0.6 is 0 Å². The molecule has 2 heteroatoms. The van der Waals surface area contributed by atoms with Gasteiger partial charge in [-0.15, -0.1) is 0 Å². The van der Waals surface area contributed by atoms with Crippen molar-refractivity contribution in [3.8, 4) is 6.07 Å². The van der Waals surface area contributed by atoms with Gasteiger partial charge in [0.05, 0.1) is 11.6 Å². The van der Waals surface area contributed by atoms with E-state index in [-0.39, 0.29) is 10.8 Å². The third-order valence-corrected chi connectivity index (χ3v) is 11.7. The maximum Gasteiger partial charge on any atom is 0.112 e. The van der Waals surface area contributed by atoms with E-state index in [0.29, 0.717) is 28.1 Å². The number of allylic oxidation sites excluding steroid dienone is 4. The van der Waals surface area contributed by atoms with Gasteiger partial charge in [-0.3, -0.25) is 0 Å². The van der Waals surface area contributed by atoms with E-state index >= 15 is 0 Å². The molecule has 0 aliphatic heterocycles. The molecule has 0 radical (unpaired) electrons. The van der Waals surface area contributed by atoms with Gasteiger partial charge in [-0.1, -0.05) is 85.8 Å². The Morgan fingerprint density at radius 1 is 0.970 bits per heavy atom. The molecular formula is C31H49NO. The number of hydrogen-bond donors (Lipinski definition) is 1. The lowest BCUT2D eigenvalue weighted by Crippen LogP contribution is -2.52. The van der Waals surface area contributed by atoms with Gasteiger partial charge in [-0.2, -0.15) is 5.26 Å². The number of nitrogens with zero attached hydrogens (tertiary/aromatic N) is 1. The fraction of sp³-hybridized carbons (Fsp3) is 0.839. The van der Waals surface area contributed by atoms with Crippen LogP contribution in [-0.2, 0) is 0 Å². The first-order valence-corrected chi connectivity index (χ1v) is 13.9. The van der Waals surface area contributed by atoms with E-state index in [1.54, 1.807) is 11.1 Å². The van der Waals surface area contributed by atoms with Crippen LogP contribution in [0.25, 0.3) is 0 Å². The molecule has 0 aromatic rings. The topological polar surface area (TPSA) is 44.0 Å². The summed E-state index contributed by atoms with van der Waals surface area (Å²) in [5.74, 6) is 3.23. The predicted molar refractivity (Wildman–Crippen MR) is 138 cm³/mol. The lowest BCUT2D eigenvalue weighted by molar-refractivity contribution is -0.00327. The SMILES string of the molecule is CC(C)CCC[C@@H](C)[C@H]1CC[C@@]2(C)C3=C(CC[C@]12C)[C@@]1(C)CC(C#N)=C(O)C(C)(C)[C@@H]1CC3. The summed E-state index contributed by atoms with van der Waals surface area (Å²) in [4.78, 5) is 0. The zero-order chi connectivity index (χ0) is 24.4. The van der Waals surface area contributed by atoms with Crippen LogP contribution in [0.4, 0.5) is 0 Å². The van der Waals surface area contributed by atoms with Gasteiger partial charge in [-0.05, 0) is 84.9 Å². The van der Waals surface area contributed by atoms with Gasteiger partial charge in [0.15, 0.2) is 0 Å². The first-order valence-electron chi connectivity index (χ1n) is 13.9. The van der Waals surface area contributed by atoms with E-state index in [1.165, 1.54) is 51.4 Å². The molecule has 6 atom stereocenters. The van der Waals surface area contributed by atoms with Crippen LogP contribution in [0, 0.1) is 56.7 Å². The molecular weight excluding hydrogens is 402 g/mol.